The molecule has 0 aliphatic carbocycles. The Morgan fingerprint density at radius 1 is 0.867 bits per heavy atom. The highest BCUT2D eigenvalue weighted by molar-refractivity contribution is 9.10. The number of alkyl halides is 9. The summed E-state index contributed by atoms with van der Waals surface area (Å²) in [6, 6.07) is 6.34. The average Bonchev–Trinajstić information content (AvgIpc) is 2.59. The number of benzene rings is 2. The second-order valence-corrected chi connectivity index (χ2v) is 7.07. The topological polar surface area (TPSA) is 23.5 Å². The quantitative estimate of drug-likeness (QED) is 0.470. The first-order valence-electron chi connectivity index (χ1n) is 8.12. The van der Waals surface area contributed by atoms with Crippen molar-refractivity contribution in [2.45, 2.75) is 31.2 Å². The van der Waals surface area contributed by atoms with Gasteiger partial charge >= 0.3 is 18.5 Å². The minimum Gasteiger partial charge on any atom is -0.382 e. The van der Waals surface area contributed by atoms with Crippen molar-refractivity contribution in [3.63, 3.8) is 0 Å². The molecule has 0 amide bonds. The Labute approximate surface area is 173 Å². The smallest absolute Gasteiger partial charge is 0.382 e. The zero-order valence-corrected chi connectivity index (χ0v) is 16.3. The number of nitrogens with zero attached hydrogens (tertiary/aromatic N) is 1. The standard InChI is InChI=1S/C18H13BrF9NO/c19-15-12(17(23,24)25)5-2-6-13(15)29(9-14(30)18(26,27)28)8-10-3-1-4-11(7-10)16(20,21)22/h1-7,14,30H,8-9H2. The lowest BCUT2D eigenvalue weighted by Gasteiger charge is -2.30. The van der Waals surface area contributed by atoms with Crippen molar-refractivity contribution in [2.24, 2.45) is 0 Å². The fourth-order valence-electron chi connectivity index (χ4n) is 2.61. The van der Waals surface area contributed by atoms with Crippen LogP contribution in [0, 0.1) is 0 Å². The van der Waals surface area contributed by atoms with Crippen molar-refractivity contribution >= 4 is 21.6 Å². The van der Waals surface area contributed by atoms with E-state index in [1.165, 1.54) is 6.07 Å². The molecular weight excluding hydrogens is 497 g/mol. The number of aliphatic hydroxyl groups is 1. The highest BCUT2D eigenvalue weighted by Crippen LogP contribution is 2.40. The summed E-state index contributed by atoms with van der Waals surface area (Å²) < 4.78 is 116. The number of hydrogen-bond donors (Lipinski definition) is 1. The largest absolute Gasteiger partial charge is 0.417 e. The molecule has 1 atom stereocenters. The van der Waals surface area contributed by atoms with E-state index in [1.54, 1.807) is 0 Å². The maximum atomic E-state index is 13.2. The predicted octanol–water partition coefficient (Wildman–Crippen LogP) is 6.42. The van der Waals surface area contributed by atoms with Crippen LogP contribution in [0.5, 0.6) is 0 Å². The molecule has 0 radical (unpaired) electrons. The van der Waals surface area contributed by atoms with Gasteiger partial charge in [0.15, 0.2) is 6.10 Å². The number of hydrogen-bond acceptors (Lipinski definition) is 2. The Morgan fingerprint density at radius 3 is 2.00 bits per heavy atom. The van der Waals surface area contributed by atoms with Gasteiger partial charge in [-0.3, -0.25) is 0 Å². The lowest BCUT2D eigenvalue weighted by molar-refractivity contribution is -0.200. The Kier molecular flexibility index (Phi) is 7.02. The Morgan fingerprint density at radius 2 is 1.47 bits per heavy atom. The summed E-state index contributed by atoms with van der Waals surface area (Å²) in [5.74, 6) is 0. The van der Waals surface area contributed by atoms with Crippen LogP contribution in [0.25, 0.3) is 0 Å². The molecular formula is C18H13BrF9NO. The van der Waals surface area contributed by atoms with Gasteiger partial charge in [0, 0.05) is 6.54 Å². The van der Waals surface area contributed by atoms with Crippen molar-refractivity contribution in [3.8, 4) is 0 Å². The molecule has 0 aliphatic rings. The van der Waals surface area contributed by atoms with E-state index in [4.69, 9.17) is 0 Å². The summed E-state index contributed by atoms with van der Waals surface area (Å²) in [5.41, 5.74) is -2.73. The van der Waals surface area contributed by atoms with E-state index >= 15 is 0 Å². The van der Waals surface area contributed by atoms with E-state index in [9.17, 15) is 44.6 Å². The SMILES string of the molecule is OC(CN(Cc1cccc(C(F)(F)F)c1)c1cccc(C(F)(F)F)c1Br)C(F)(F)F. The van der Waals surface area contributed by atoms with Crippen LogP contribution in [-0.2, 0) is 18.9 Å². The van der Waals surface area contributed by atoms with Gasteiger partial charge in [-0.05, 0) is 45.8 Å². The van der Waals surface area contributed by atoms with Crippen molar-refractivity contribution in [1.29, 1.82) is 0 Å². The highest BCUT2D eigenvalue weighted by atomic mass is 79.9. The van der Waals surface area contributed by atoms with Crippen molar-refractivity contribution in [1.82, 2.24) is 0 Å². The lowest BCUT2D eigenvalue weighted by Crippen LogP contribution is -2.41. The third-order valence-electron chi connectivity index (χ3n) is 4.02. The van der Waals surface area contributed by atoms with Gasteiger partial charge in [0.25, 0.3) is 0 Å². The van der Waals surface area contributed by atoms with Crippen LogP contribution < -0.4 is 4.90 Å². The molecule has 0 saturated carbocycles. The molecule has 0 fully saturated rings. The van der Waals surface area contributed by atoms with Crippen LogP contribution in [-0.4, -0.2) is 23.9 Å². The average molecular weight is 510 g/mol. The Balaban J connectivity index is 2.50. The molecule has 0 saturated heterocycles. The first-order chi connectivity index (χ1) is 13.6. The summed E-state index contributed by atoms with van der Waals surface area (Å²) in [4.78, 5) is 0.729. The summed E-state index contributed by atoms with van der Waals surface area (Å²) in [7, 11) is 0. The summed E-state index contributed by atoms with van der Waals surface area (Å²) in [6.07, 6.45) is -17.6. The normalized spacial score (nSPS) is 14.0. The van der Waals surface area contributed by atoms with Crippen LogP contribution in [0.1, 0.15) is 16.7 Å². The van der Waals surface area contributed by atoms with Gasteiger partial charge in [-0.15, -0.1) is 0 Å². The summed E-state index contributed by atoms with van der Waals surface area (Å²) in [5, 5.41) is 9.42. The monoisotopic (exact) mass is 509 g/mol. The zero-order valence-electron chi connectivity index (χ0n) is 14.7. The van der Waals surface area contributed by atoms with Gasteiger partial charge in [0.1, 0.15) is 0 Å². The third-order valence-corrected chi connectivity index (χ3v) is 4.86. The van der Waals surface area contributed by atoms with Crippen LogP contribution in [0.15, 0.2) is 46.9 Å². The number of rotatable bonds is 5. The van der Waals surface area contributed by atoms with E-state index in [2.05, 4.69) is 15.9 Å². The molecule has 166 valence electrons. The fourth-order valence-corrected chi connectivity index (χ4v) is 3.35. The van der Waals surface area contributed by atoms with Gasteiger partial charge in [-0.2, -0.15) is 39.5 Å². The van der Waals surface area contributed by atoms with Crippen LogP contribution in [0.3, 0.4) is 0 Å². The molecule has 0 aliphatic heterocycles. The van der Waals surface area contributed by atoms with Crippen molar-refractivity contribution in [3.05, 3.63) is 63.6 Å². The fraction of sp³-hybridized carbons (Fsp3) is 0.333. The molecule has 0 bridgehead atoms. The third kappa shape index (κ3) is 6.03. The molecule has 30 heavy (non-hydrogen) atoms. The van der Waals surface area contributed by atoms with Crippen LogP contribution >= 0.6 is 15.9 Å². The number of aliphatic hydroxyl groups excluding tert-OH is 1. The first-order valence-corrected chi connectivity index (χ1v) is 8.91. The molecule has 2 aromatic rings. The number of halogens is 10. The molecule has 12 heteroatoms. The second kappa shape index (κ2) is 8.66. The Bertz CT molecular complexity index is 877. The van der Waals surface area contributed by atoms with Crippen LogP contribution in [0.2, 0.25) is 0 Å². The molecule has 1 unspecified atom stereocenters. The maximum Gasteiger partial charge on any atom is 0.417 e. The van der Waals surface area contributed by atoms with E-state index in [0.717, 1.165) is 29.2 Å². The van der Waals surface area contributed by atoms with Crippen LogP contribution in [0.4, 0.5) is 45.2 Å². The molecule has 2 rings (SSSR count). The lowest BCUT2D eigenvalue weighted by atomic mass is 10.1. The number of anilines is 1. The van der Waals surface area contributed by atoms with Gasteiger partial charge in [0.05, 0.1) is 27.8 Å². The molecule has 2 nitrogen and oxygen atoms in total. The minimum absolute atomic E-state index is 0.108. The first kappa shape index (κ1) is 24.3. The summed E-state index contributed by atoms with van der Waals surface area (Å²) >= 11 is 2.71. The van der Waals surface area contributed by atoms with Gasteiger partial charge < -0.3 is 10.0 Å². The van der Waals surface area contributed by atoms with Crippen molar-refractivity contribution < 1.29 is 44.6 Å². The molecule has 0 heterocycles. The minimum atomic E-state index is -5.08. The van der Waals surface area contributed by atoms with Gasteiger partial charge in [0.2, 0.25) is 0 Å². The second-order valence-electron chi connectivity index (χ2n) is 6.27. The maximum absolute atomic E-state index is 13.2. The zero-order chi connectivity index (χ0) is 22.9. The van der Waals surface area contributed by atoms with E-state index in [0.29, 0.717) is 12.1 Å². The van der Waals surface area contributed by atoms with E-state index in [1.807, 2.05) is 0 Å². The highest BCUT2D eigenvalue weighted by Gasteiger charge is 2.40. The Hall–Kier alpha value is -1.95. The van der Waals surface area contributed by atoms with Crippen molar-refractivity contribution in [2.75, 3.05) is 11.4 Å². The predicted molar refractivity (Wildman–Crippen MR) is 93.7 cm³/mol. The van der Waals surface area contributed by atoms with Gasteiger partial charge in [-0.25, -0.2) is 0 Å². The molecule has 1 N–H and O–H groups in total. The summed E-state index contributed by atoms with van der Waals surface area (Å²) in [6.45, 7) is -1.81. The molecule has 0 aromatic heterocycles. The van der Waals surface area contributed by atoms with E-state index in [-0.39, 0.29) is 11.3 Å². The molecule has 2 aromatic carbocycles. The van der Waals surface area contributed by atoms with E-state index < -0.39 is 53.3 Å². The molecule has 0 spiro atoms. The van der Waals surface area contributed by atoms with Gasteiger partial charge in [-0.1, -0.05) is 18.2 Å².